The summed E-state index contributed by atoms with van der Waals surface area (Å²) in [5, 5.41) is 0. The van der Waals surface area contributed by atoms with Crippen LogP contribution >= 0.6 is 0 Å². The van der Waals surface area contributed by atoms with Gasteiger partial charge in [-0.15, -0.1) is 0 Å². The van der Waals surface area contributed by atoms with E-state index in [-0.39, 0.29) is 11.5 Å². The minimum Gasteiger partial charge on any atom is -0.439 e. The van der Waals surface area contributed by atoms with Gasteiger partial charge in [0.25, 0.3) is 0 Å². The first-order valence-electron chi connectivity index (χ1n) is 6.87. The Bertz CT molecular complexity index is 586. The molecule has 2 rings (SSSR count). The Morgan fingerprint density at radius 2 is 1.85 bits per heavy atom. The number of benzene rings is 1. The van der Waals surface area contributed by atoms with Crippen LogP contribution in [-0.2, 0) is 5.41 Å². The van der Waals surface area contributed by atoms with Crippen LogP contribution in [0.4, 0.5) is 0 Å². The monoisotopic (exact) mass is 270 g/mol. The quantitative estimate of drug-likeness (QED) is 0.909. The van der Waals surface area contributed by atoms with Gasteiger partial charge in [-0.05, 0) is 30.0 Å². The van der Waals surface area contributed by atoms with Crippen molar-refractivity contribution >= 4 is 0 Å². The molecule has 0 saturated heterocycles. The highest BCUT2D eigenvalue weighted by atomic mass is 16.5. The fraction of sp³-hybridized carbons (Fsp3) is 0.353. The third-order valence-electron chi connectivity index (χ3n) is 3.19. The molecule has 0 aliphatic carbocycles. The molecule has 0 radical (unpaired) electrons. The first-order valence-corrected chi connectivity index (χ1v) is 6.87. The van der Waals surface area contributed by atoms with E-state index in [9.17, 15) is 0 Å². The largest absolute Gasteiger partial charge is 0.439 e. The van der Waals surface area contributed by atoms with Gasteiger partial charge in [-0.3, -0.25) is 0 Å². The van der Waals surface area contributed by atoms with Crippen molar-refractivity contribution in [1.29, 1.82) is 0 Å². The lowest BCUT2D eigenvalue weighted by Gasteiger charge is -2.22. The number of ether oxygens (including phenoxy) is 1. The normalized spacial score (nSPS) is 13.1. The molecule has 106 valence electrons. The van der Waals surface area contributed by atoms with Crippen LogP contribution in [0.5, 0.6) is 11.6 Å². The molecule has 1 heterocycles. The highest BCUT2D eigenvalue weighted by Gasteiger charge is 2.19. The van der Waals surface area contributed by atoms with E-state index in [4.69, 9.17) is 10.5 Å². The van der Waals surface area contributed by atoms with Gasteiger partial charge in [0.15, 0.2) is 0 Å². The molecule has 0 spiro atoms. The van der Waals surface area contributed by atoms with E-state index in [1.807, 2.05) is 37.3 Å². The molecular weight excluding hydrogens is 248 g/mol. The predicted molar refractivity (Wildman–Crippen MR) is 82.1 cm³/mol. The van der Waals surface area contributed by atoms with E-state index in [1.165, 1.54) is 0 Å². The molecule has 0 amide bonds. The van der Waals surface area contributed by atoms with E-state index >= 15 is 0 Å². The van der Waals surface area contributed by atoms with Crippen molar-refractivity contribution in [2.45, 2.75) is 39.2 Å². The zero-order chi connectivity index (χ0) is 14.8. The summed E-state index contributed by atoms with van der Waals surface area (Å²) in [6.45, 7) is 8.45. The molecule has 2 N–H and O–H groups in total. The summed E-state index contributed by atoms with van der Waals surface area (Å²) in [4.78, 5) is 4.26. The highest BCUT2D eigenvalue weighted by molar-refractivity contribution is 5.40. The predicted octanol–water partition coefficient (Wildman–Crippen LogP) is 4.19. The third kappa shape index (κ3) is 3.36. The van der Waals surface area contributed by atoms with Crippen molar-refractivity contribution in [3.8, 4) is 11.6 Å². The molecule has 0 aliphatic rings. The van der Waals surface area contributed by atoms with Gasteiger partial charge in [-0.25, -0.2) is 4.98 Å². The molecule has 3 heteroatoms. The summed E-state index contributed by atoms with van der Waals surface area (Å²) in [7, 11) is 0. The second-order valence-electron chi connectivity index (χ2n) is 6.06. The van der Waals surface area contributed by atoms with Gasteiger partial charge in [-0.2, -0.15) is 0 Å². The van der Waals surface area contributed by atoms with Crippen molar-refractivity contribution in [1.82, 2.24) is 4.98 Å². The first-order chi connectivity index (χ1) is 9.38. The maximum atomic E-state index is 5.96. The Morgan fingerprint density at radius 3 is 2.50 bits per heavy atom. The molecule has 0 fully saturated rings. The number of para-hydroxylation sites is 1. The molecule has 20 heavy (non-hydrogen) atoms. The van der Waals surface area contributed by atoms with Crippen LogP contribution in [0.3, 0.4) is 0 Å². The average Bonchev–Trinajstić information content (AvgIpc) is 2.38. The molecular formula is C17H22N2O. The SMILES string of the molecule is C[C@H](N)c1ccnc(Oc2ccccc2C(C)(C)C)c1. The molecule has 0 aliphatic heterocycles. The van der Waals surface area contributed by atoms with Gasteiger partial charge in [0.05, 0.1) is 0 Å². The Morgan fingerprint density at radius 1 is 1.15 bits per heavy atom. The maximum Gasteiger partial charge on any atom is 0.219 e. The lowest BCUT2D eigenvalue weighted by molar-refractivity contribution is 0.439. The van der Waals surface area contributed by atoms with Crippen molar-refractivity contribution in [2.24, 2.45) is 5.73 Å². The number of nitrogens with zero attached hydrogens (tertiary/aromatic N) is 1. The Kier molecular flexibility index (Phi) is 4.09. The van der Waals surface area contributed by atoms with E-state index in [0.717, 1.165) is 16.9 Å². The average molecular weight is 270 g/mol. The van der Waals surface area contributed by atoms with E-state index in [0.29, 0.717) is 5.88 Å². The molecule has 1 aromatic heterocycles. The number of nitrogens with two attached hydrogens (primary N) is 1. The standard InChI is InChI=1S/C17H22N2O/c1-12(18)13-9-10-19-16(11-13)20-15-8-6-5-7-14(15)17(2,3)4/h5-12H,18H2,1-4H3/t12-/m0/s1. The number of aromatic nitrogens is 1. The van der Waals surface area contributed by atoms with Crippen molar-refractivity contribution in [2.75, 3.05) is 0 Å². The molecule has 1 atom stereocenters. The Hall–Kier alpha value is -1.87. The van der Waals surface area contributed by atoms with Crippen LogP contribution in [0.15, 0.2) is 42.6 Å². The van der Waals surface area contributed by atoms with Crippen LogP contribution < -0.4 is 10.5 Å². The summed E-state index contributed by atoms with van der Waals surface area (Å²) in [6, 6.07) is 11.8. The molecule has 0 saturated carbocycles. The molecule has 0 unspecified atom stereocenters. The molecule has 1 aromatic carbocycles. The molecule has 0 bridgehead atoms. The Balaban J connectivity index is 2.33. The topological polar surface area (TPSA) is 48.1 Å². The van der Waals surface area contributed by atoms with Gasteiger partial charge in [0.1, 0.15) is 5.75 Å². The third-order valence-corrected chi connectivity index (χ3v) is 3.19. The zero-order valence-electron chi connectivity index (χ0n) is 12.6. The van der Waals surface area contributed by atoms with Crippen molar-refractivity contribution in [3.05, 3.63) is 53.7 Å². The Labute approximate surface area is 120 Å². The van der Waals surface area contributed by atoms with E-state index < -0.39 is 0 Å². The van der Waals surface area contributed by atoms with Gasteiger partial charge in [0, 0.05) is 23.9 Å². The van der Waals surface area contributed by atoms with Crippen LogP contribution in [0.25, 0.3) is 0 Å². The maximum absolute atomic E-state index is 5.96. The summed E-state index contributed by atoms with van der Waals surface area (Å²) >= 11 is 0. The van der Waals surface area contributed by atoms with Crippen LogP contribution in [0.1, 0.15) is 44.9 Å². The summed E-state index contributed by atoms with van der Waals surface area (Å²) < 4.78 is 5.96. The van der Waals surface area contributed by atoms with Gasteiger partial charge < -0.3 is 10.5 Å². The lowest BCUT2D eigenvalue weighted by Crippen LogP contribution is -2.12. The fourth-order valence-electron chi connectivity index (χ4n) is 2.05. The first kappa shape index (κ1) is 14.5. The van der Waals surface area contributed by atoms with Crippen molar-refractivity contribution < 1.29 is 4.74 Å². The van der Waals surface area contributed by atoms with E-state index in [1.54, 1.807) is 6.20 Å². The number of hydrogen-bond acceptors (Lipinski definition) is 3. The second-order valence-corrected chi connectivity index (χ2v) is 6.06. The number of pyridine rings is 1. The van der Waals surface area contributed by atoms with Gasteiger partial charge >= 0.3 is 0 Å². The lowest BCUT2D eigenvalue weighted by atomic mass is 9.86. The summed E-state index contributed by atoms with van der Waals surface area (Å²) in [5.74, 6) is 1.42. The number of hydrogen-bond donors (Lipinski definition) is 1. The summed E-state index contributed by atoms with van der Waals surface area (Å²) in [5.41, 5.74) is 8.09. The number of rotatable bonds is 3. The fourth-order valence-corrected chi connectivity index (χ4v) is 2.05. The second kappa shape index (κ2) is 5.63. The van der Waals surface area contributed by atoms with Crippen molar-refractivity contribution in [3.63, 3.8) is 0 Å². The molecule has 3 nitrogen and oxygen atoms in total. The van der Waals surface area contributed by atoms with Gasteiger partial charge in [0.2, 0.25) is 5.88 Å². The van der Waals surface area contributed by atoms with Crippen LogP contribution in [0, 0.1) is 0 Å². The molecule has 2 aromatic rings. The van der Waals surface area contributed by atoms with Crippen LogP contribution in [0.2, 0.25) is 0 Å². The minimum atomic E-state index is -0.0294. The zero-order valence-corrected chi connectivity index (χ0v) is 12.6. The van der Waals surface area contributed by atoms with Gasteiger partial charge in [-0.1, -0.05) is 39.0 Å². The summed E-state index contributed by atoms with van der Waals surface area (Å²) in [6.07, 6.45) is 1.73. The highest BCUT2D eigenvalue weighted by Crippen LogP contribution is 2.33. The minimum absolute atomic E-state index is 0.0232. The van der Waals surface area contributed by atoms with E-state index in [2.05, 4.69) is 31.8 Å². The smallest absolute Gasteiger partial charge is 0.219 e. The van der Waals surface area contributed by atoms with Crippen LogP contribution in [-0.4, -0.2) is 4.98 Å².